The molecule has 66 valence electrons. The van der Waals surface area contributed by atoms with Crippen LogP contribution in [0.3, 0.4) is 0 Å². The number of aliphatic hydroxyl groups excluding tert-OH is 1. The van der Waals surface area contributed by atoms with E-state index in [1.807, 2.05) is 19.9 Å². The summed E-state index contributed by atoms with van der Waals surface area (Å²) in [5.41, 5.74) is 1.92. The van der Waals surface area contributed by atoms with E-state index >= 15 is 0 Å². The molecule has 0 saturated carbocycles. The van der Waals surface area contributed by atoms with Crippen molar-refractivity contribution in [1.82, 2.24) is 4.98 Å². The monoisotopic (exact) mass is 183 g/mol. The molecule has 1 unspecified atom stereocenters. The van der Waals surface area contributed by atoms with Crippen molar-refractivity contribution in [3.63, 3.8) is 0 Å². The molecule has 12 heavy (non-hydrogen) atoms. The topological polar surface area (TPSA) is 36.0 Å². The fourth-order valence-corrected chi connectivity index (χ4v) is 1.17. The number of aliphatic hydroxyl groups is 1. The Morgan fingerprint density at radius 2 is 2.33 bits per heavy atom. The lowest BCUT2D eigenvalue weighted by molar-refractivity contribution is 0.173. The number of hydrogen-bond acceptors (Lipinski definition) is 2. The van der Waals surface area contributed by atoms with Crippen LogP contribution in [-0.4, -0.2) is 10.1 Å². The van der Waals surface area contributed by atoms with E-state index in [0.717, 1.165) is 22.2 Å². The lowest BCUT2D eigenvalue weighted by Crippen LogP contribution is -1.96. The minimum Gasteiger partial charge on any atom is -0.388 e. The number of rotatable bonds is 2. The molecule has 0 fully saturated rings. The van der Waals surface area contributed by atoms with Gasteiger partial charge in [-0.2, -0.15) is 0 Å². The van der Waals surface area contributed by atoms with Gasteiger partial charge in [-0.1, -0.05) is 19.1 Å². The lowest BCUT2D eigenvalue weighted by Gasteiger charge is -2.07. The largest absolute Gasteiger partial charge is 0.388 e. The molecule has 1 aromatic rings. The van der Waals surface area contributed by atoms with Crippen LogP contribution >= 0.6 is 12.2 Å². The number of aryl methyl sites for hydroxylation is 1. The summed E-state index contributed by atoms with van der Waals surface area (Å²) in [6, 6.07) is 1.92. The zero-order chi connectivity index (χ0) is 9.14. The number of aromatic nitrogens is 1. The zero-order valence-corrected chi connectivity index (χ0v) is 8.11. The van der Waals surface area contributed by atoms with Crippen molar-refractivity contribution in [3.8, 4) is 0 Å². The highest BCUT2D eigenvalue weighted by Crippen LogP contribution is 2.15. The fourth-order valence-electron chi connectivity index (χ4n) is 1.05. The van der Waals surface area contributed by atoms with Crippen molar-refractivity contribution in [3.05, 3.63) is 28.0 Å². The number of hydrogen-bond donors (Lipinski definition) is 2. The van der Waals surface area contributed by atoms with Crippen molar-refractivity contribution in [1.29, 1.82) is 0 Å². The van der Waals surface area contributed by atoms with Gasteiger partial charge < -0.3 is 10.1 Å². The zero-order valence-electron chi connectivity index (χ0n) is 7.29. The van der Waals surface area contributed by atoms with Crippen molar-refractivity contribution >= 4 is 12.2 Å². The average molecular weight is 183 g/mol. The van der Waals surface area contributed by atoms with Crippen LogP contribution in [0.15, 0.2) is 12.3 Å². The smallest absolute Gasteiger partial charge is 0.106 e. The molecule has 0 aliphatic heterocycles. The van der Waals surface area contributed by atoms with Crippen molar-refractivity contribution in [2.24, 2.45) is 0 Å². The maximum Gasteiger partial charge on any atom is 0.106 e. The molecule has 0 aliphatic rings. The maximum absolute atomic E-state index is 9.49. The van der Waals surface area contributed by atoms with Crippen molar-refractivity contribution in [2.75, 3.05) is 0 Å². The summed E-state index contributed by atoms with van der Waals surface area (Å²) in [6.07, 6.45) is 2.11. The van der Waals surface area contributed by atoms with Gasteiger partial charge in [-0.3, -0.25) is 0 Å². The van der Waals surface area contributed by atoms with E-state index in [9.17, 15) is 5.11 Å². The Kier molecular flexibility index (Phi) is 3.00. The Morgan fingerprint density at radius 1 is 1.67 bits per heavy atom. The Balaban J connectivity index is 3.04. The van der Waals surface area contributed by atoms with Gasteiger partial charge in [-0.25, -0.2) is 0 Å². The molecule has 0 amide bonds. The molecule has 1 aromatic heterocycles. The predicted octanol–water partition coefficient (Wildman–Crippen LogP) is 2.50. The summed E-state index contributed by atoms with van der Waals surface area (Å²) < 4.78 is 0.738. The van der Waals surface area contributed by atoms with Gasteiger partial charge >= 0.3 is 0 Å². The first-order valence-electron chi connectivity index (χ1n) is 4.02. The van der Waals surface area contributed by atoms with E-state index in [-0.39, 0.29) is 6.10 Å². The highest BCUT2D eigenvalue weighted by molar-refractivity contribution is 7.71. The van der Waals surface area contributed by atoms with E-state index in [1.54, 1.807) is 6.20 Å². The predicted molar refractivity (Wildman–Crippen MR) is 51.6 cm³/mol. The highest BCUT2D eigenvalue weighted by Gasteiger charge is 2.04. The van der Waals surface area contributed by atoms with E-state index in [4.69, 9.17) is 12.2 Å². The summed E-state index contributed by atoms with van der Waals surface area (Å²) in [7, 11) is 0. The first-order chi connectivity index (χ1) is 5.65. The molecule has 0 spiro atoms. The number of nitrogens with one attached hydrogen (secondary N) is 1. The van der Waals surface area contributed by atoms with E-state index in [1.165, 1.54) is 0 Å². The van der Waals surface area contributed by atoms with Crippen LogP contribution in [0.2, 0.25) is 0 Å². The Hall–Kier alpha value is -0.670. The molecule has 1 rings (SSSR count). The van der Waals surface area contributed by atoms with Gasteiger partial charge in [0.15, 0.2) is 0 Å². The molecular weight excluding hydrogens is 170 g/mol. The average Bonchev–Trinajstić information content (AvgIpc) is 2.08. The molecular formula is C9H13NOS. The normalized spacial score (nSPS) is 12.9. The number of pyridine rings is 1. The molecule has 3 heteroatoms. The summed E-state index contributed by atoms with van der Waals surface area (Å²) >= 11 is 5.00. The molecule has 0 aliphatic carbocycles. The SMILES string of the molecule is CCC(O)c1c[nH]c(=S)c(C)c1. The highest BCUT2D eigenvalue weighted by atomic mass is 32.1. The quantitative estimate of drug-likeness (QED) is 0.691. The second-order valence-electron chi connectivity index (χ2n) is 2.87. The molecule has 2 nitrogen and oxygen atoms in total. The Labute approximate surface area is 77.3 Å². The van der Waals surface area contributed by atoms with Crippen LogP contribution in [0.25, 0.3) is 0 Å². The second-order valence-corrected chi connectivity index (χ2v) is 3.28. The molecule has 0 saturated heterocycles. The number of H-pyrrole nitrogens is 1. The third-order valence-corrected chi connectivity index (χ3v) is 2.32. The van der Waals surface area contributed by atoms with Gasteiger partial charge in [0, 0.05) is 6.20 Å². The van der Waals surface area contributed by atoms with Gasteiger partial charge in [0.2, 0.25) is 0 Å². The standard InChI is InChI=1S/C9H13NOS/c1-3-8(11)7-4-6(2)9(12)10-5-7/h4-5,8,11H,3H2,1-2H3,(H,10,12). The lowest BCUT2D eigenvalue weighted by atomic mass is 10.1. The molecule has 0 radical (unpaired) electrons. The van der Waals surface area contributed by atoms with Crippen LogP contribution < -0.4 is 0 Å². The third-order valence-electron chi connectivity index (χ3n) is 1.88. The summed E-state index contributed by atoms with van der Waals surface area (Å²) in [4.78, 5) is 2.94. The first kappa shape index (κ1) is 9.42. The van der Waals surface area contributed by atoms with Crippen LogP contribution in [0.1, 0.15) is 30.6 Å². The molecule has 2 N–H and O–H groups in total. The number of aromatic amines is 1. The summed E-state index contributed by atoms with van der Waals surface area (Å²) in [6.45, 7) is 3.88. The minimum absolute atomic E-state index is 0.379. The van der Waals surface area contributed by atoms with Gasteiger partial charge in [0.05, 0.1) is 6.10 Å². The van der Waals surface area contributed by atoms with E-state index < -0.39 is 0 Å². The summed E-state index contributed by atoms with van der Waals surface area (Å²) in [5.74, 6) is 0. The molecule has 0 aromatic carbocycles. The first-order valence-corrected chi connectivity index (χ1v) is 4.43. The third kappa shape index (κ3) is 1.93. The molecule has 1 heterocycles. The molecule has 0 bridgehead atoms. The van der Waals surface area contributed by atoms with Crippen LogP contribution in [-0.2, 0) is 0 Å². The second kappa shape index (κ2) is 3.83. The van der Waals surface area contributed by atoms with Crippen LogP contribution in [0.5, 0.6) is 0 Å². The van der Waals surface area contributed by atoms with E-state index in [0.29, 0.717) is 0 Å². The van der Waals surface area contributed by atoms with Crippen molar-refractivity contribution < 1.29 is 5.11 Å². The maximum atomic E-state index is 9.49. The Morgan fingerprint density at radius 3 is 2.83 bits per heavy atom. The molecule has 1 atom stereocenters. The fraction of sp³-hybridized carbons (Fsp3) is 0.444. The van der Waals surface area contributed by atoms with E-state index in [2.05, 4.69) is 4.98 Å². The van der Waals surface area contributed by atoms with Gasteiger partial charge in [-0.15, -0.1) is 0 Å². The van der Waals surface area contributed by atoms with Gasteiger partial charge in [0.25, 0.3) is 0 Å². The van der Waals surface area contributed by atoms with Crippen molar-refractivity contribution in [2.45, 2.75) is 26.4 Å². The Bertz CT molecular complexity index is 319. The van der Waals surface area contributed by atoms with Gasteiger partial charge in [-0.05, 0) is 30.5 Å². The van der Waals surface area contributed by atoms with Crippen LogP contribution in [0.4, 0.5) is 0 Å². The van der Waals surface area contributed by atoms with Gasteiger partial charge in [0.1, 0.15) is 4.64 Å². The summed E-state index contributed by atoms with van der Waals surface area (Å²) in [5, 5.41) is 9.49. The van der Waals surface area contributed by atoms with Crippen LogP contribution in [0, 0.1) is 11.6 Å². The minimum atomic E-state index is -0.379.